The number of nitrogens with zero attached hydrogens (tertiary/aromatic N) is 5. The number of hydrogen-bond acceptors (Lipinski definition) is 5. The van der Waals surface area contributed by atoms with E-state index in [1.54, 1.807) is 16.8 Å². The van der Waals surface area contributed by atoms with Crippen molar-refractivity contribution in [2.45, 2.75) is 33.1 Å². The largest absolute Gasteiger partial charge is 0.368 e. The number of benzene rings is 2. The van der Waals surface area contributed by atoms with Crippen LogP contribution in [0.3, 0.4) is 0 Å². The number of carbonyl (C=O) groups is 1. The molecule has 0 bridgehead atoms. The van der Waals surface area contributed by atoms with Crippen LogP contribution < -0.4 is 4.90 Å². The van der Waals surface area contributed by atoms with Gasteiger partial charge < -0.3 is 14.5 Å². The van der Waals surface area contributed by atoms with Crippen molar-refractivity contribution in [2.75, 3.05) is 31.1 Å². The van der Waals surface area contributed by atoms with E-state index in [1.807, 2.05) is 4.90 Å². The number of fused-ring (bicyclic) bond motifs is 1. The zero-order valence-corrected chi connectivity index (χ0v) is 18.3. The first-order valence-electron chi connectivity index (χ1n) is 10.9. The second kappa shape index (κ2) is 8.35. The van der Waals surface area contributed by atoms with Crippen molar-refractivity contribution in [1.82, 2.24) is 19.9 Å². The van der Waals surface area contributed by atoms with Crippen LogP contribution in [0.15, 0.2) is 42.5 Å². The van der Waals surface area contributed by atoms with Gasteiger partial charge in [0.05, 0.1) is 18.8 Å². The molecule has 5 rings (SSSR count). The number of aryl methyl sites for hydroxylation is 1. The van der Waals surface area contributed by atoms with Crippen molar-refractivity contribution in [1.29, 1.82) is 0 Å². The Bertz CT molecular complexity index is 1140. The quantitative estimate of drug-likeness (QED) is 0.632. The molecule has 1 amide bonds. The van der Waals surface area contributed by atoms with E-state index in [0.29, 0.717) is 31.0 Å². The second-order valence-corrected chi connectivity index (χ2v) is 8.42. The third kappa shape index (κ3) is 3.75. The lowest BCUT2D eigenvalue weighted by molar-refractivity contribution is -0.00199. The van der Waals surface area contributed by atoms with Gasteiger partial charge >= 0.3 is 0 Å². The van der Waals surface area contributed by atoms with Gasteiger partial charge in [0, 0.05) is 31.9 Å². The van der Waals surface area contributed by atoms with Crippen LogP contribution in [-0.2, 0) is 17.9 Å². The number of amides is 1. The molecule has 2 aliphatic rings. The van der Waals surface area contributed by atoms with Crippen LogP contribution in [0.2, 0.25) is 0 Å². The fourth-order valence-electron chi connectivity index (χ4n) is 4.44. The first-order valence-corrected chi connectivity index (χ1v) is 10.9. The minimum Gasteiger partial charge on any atom is -0.368 e. The molecule has 8 heteroatoms. The van der Waals surface area contributed by atoms with Crippen molar-refractivity contribution in [3.8, 4) is 0 Å². The summed E-state index contributed by atoms with van der Waals surface area (Å²) in [4.78, 5) is 17.4. The maximum absolute atomic E-state index is 13.2. The van der Waals surface area contributed by atoms with Crippen LogP contribution >= 0.6 is 0 Å². The highest BCUT2D eigenvalue weighted by Gasteiger charge is 2.31. The van der Waals surface area contributed by atoms with Crippen LogP contribution in [0.5, 0.6) is 0 Å². The van der Waals surface area contributed by atoms with Gasteiger partial charge in [-0.05, 0) is 48.7 Å². The molecule has 166 valence electrons. The molecule has 7 nitrogen and oxygen atoms in total. The number of piperazine rings is 1. The number of rotatable bonds is 3. The van der Waals surface area contributed by atoms with E-state index in [0.717, 1.165) is 18.7 Å². The fraction of sp³-hybridized carbons (Fsp3) is 0.375. The predicted molar refractivity (Wildman–Crippen MR) is 118 cm³/mol. The summed E-state index contributed by atoms with van der Waals surface area (Å²) in [7, 11) is 0. The Morgan fingerprint density at radius 1 is 1.06 bits per heavy atom. The van der Waals surface area contributed by atoms with Crippen LogP contribution in [0, 0.1) is 19.7 Å². The first-order chi connectivity index (χ1) is 15.5. The third-order valence-electron chi connectivity index (χ3n) is 6.53. The smallest absolute Gasteiger partial charge is 0.276 e. The summed E-state index contributed by atoms with van der Waals surface area (Å²) in [5.74, 6) is -0.382. The maximum Gasteiger partial charge on any atom is 0.276 e. The molecule has 0 saturated carbocycles. The third-order valence-corrected chi connectivity index (χ3v) is 6.53. The molecule has 1 saturated heterocycles. The van der Waals surface area contributed by atoms with Crippen molar-refractivity contribution >= 4 is 11.6 Å². The topological polar surface area (TPSA) is 63.5 Å². The highest BCUT2D eigenvalue weighted by molar-refractivity contribution is 5.93. The average molecular weight is 436 g/mol. The van der Waals surface area contributed by atoms with Crippen molar-refractivity contribution in [3.05, 3.63) is 76.4 Å². The van der Waals surface area contributed by atoms with E-state index in [4.69, 9.17) is 4.74 Å². The highest BCUT2D eigenvalue weighted by atomic mass is 19.1. The summed E-state index contributed by atoms with van der Waals surface area (Å²) in [6.45, 7) is 7.79. The van der Waals surface area contributed by atoms with E-state index in [1.165, 1.54) is 28.9 Å². The molecule has 3 aromatic rings. The SMILES string of the molecule is Cc1cccc(N2CCN(C(=O)c3nnn4c3CO[C@H](c3ccc(F)cc3)C4)CC2)c1C. The van der Waals surface area contributed by atoms with Crippen molar-refractivity contribution < 1.29 is 13.9 Å². The van der Waals surface area contributed by atoms with Crippen LogP contribution in [0.25, 0.3) is 0 Å². The number of aromatic nitrogens is 3. The fourth-order valence-corrected chi connectivity index (χ4v) is 4.44. The summed E-state index contributed by atoms with van der Waals surface area (Å²) in [6.07, 6.45) is -0.242. The van der Waals surface area contributed by atoms with Crippen LogP contribution in [0.4, 0.5) is 10.1 Å². The van der Waals surface area contributed by atoms with Gasteiger partial charge in [-0.25, -0.2) is 9.07 Å². The van der Waals surface area contributed by atoms with Gasteiger partial charge in [-0.3, -0.25) is 4.79 Å². The normalized spacial score (nSPS) is 18.5. The van der Waals surface area contributed by atoms with Crippen LogP contribution in [0.1, 0.15) is 39.0 Å². The predicted octanol–water partition coefficient (Wildman–Crippen LogP) is 3.27. The summed E-state index contributed by atoms with van der Waals surface area (Å²) in [5, 5.41) is 8.39. The number of carbonyl (C=O) groups excluding carboxylic acids is 1. The van der Waals surface area contributed by atoms with Gasteiger partial charge in [-0.1, -0.05) is 29.5 Å². The zero-order valence-electron chi connectivity index (χ0n) is 18.3. The Morgan fingerprint density at radius 3 is 2.56 bits per heavy atom. The molecule has 0 radical (unpaired) electrons. The lowest BCUT2D eigenvalue weighted by Gasteiger charge is -2.37. The molecule has 0 unspecified atom stereocenters. The van der Waals surface area contributed by atoms with E-state index in [9.17, 15) is 9.18 Å². The van der Waals surface area contributed by atoms with Crippen LogP contribution in [-0.4, -0.2) is 52.0 Å². The molecule has 2 aromatic carbocycles. The monoisotopic (exact) mass is 435 g/mol. The molecular formula is C24H26FN5O2. The van der Waals surface area contributed by atoms with Gasteiger partial charge in [-0.15, -0.1) is 5.10 Å². The molecule has 0 aliphatic carbocycles. The Balaban J connectivity index is 1.26. The maximum atomic E-state index is 13.2. The summed E-state index contributed by atoms with van der Waals surface area (Å²) < 4.78 is 20.9. The minimum absolute atomic E-state index is 0.101. The summed E-state index contributed by atoms with van der Waals surface area (Å²) in [6, 6.07) is 12.6. The summed E-state index contributed by atoms with van der Waals surface area (Å²) in [5.41, 5.74) is 5.73. The van der Waals surface area contributed by atoms with E-state index in [-0.39, 0.29) is 24.4 Å². The van der Waals surface area contributed by atoms with Gasteiger partial charge in [0.15, 0.2) is 5.69 Å². The Kier molecular flexibility index (Phi) is 5.38. The molecule has 32 heavy (non-hydrogen) atoms. The van der Waals surface area contributed by atoms with E-state index >= 15 is 0 Å². The Labute approximate surface area is 186 Å². The van der Waals surface area contributed by atoms with Gasteiger partial charge in [-0.2, -0.15) is 0 Å². The molecule has 1 fully saturated rings. The standard InChI is InChI=1S/C24H26FN5O2/c1-16-4-3-5-20(17(16)2)28-10-12-29(13-11-28)24(31)23-21-15-32-22(14-30(21)27-26-23)18-6-8-19(25)9-7-18/h3-9,22H,10-15H2,1-2H3/t22-/m0/s1. The molecule has 2 aliphatic heterocycles. The second-order valence-electron chi connectivity index (χ2n) is 8.42. The lowest BCUT2D eigenvalue weighted by atomic mass is 10.1. The molecular weight excluding hydrogens is 409 g/mol. The highest BCUT2D eigenvalue weighted by Crippen LogP contribution is 2.28. The Morgan fingerprint density at radius 2 is 1.81 bits per heavy atom. The lowest BCUT2D eigenvalue weighted by Crippen LogP contribution is -2.49. The molecule has 0 N–H and O–H groups in total. The van der Waals surface area contributed by atoms with Crippen molar-refractivity contribution in [3.63, 3.8) is 0 Å². The number of anilines is 1. The van der Waals surface area contributed by atoms with Gasteiger partial charge in [0.1, 0.15) is 11.9 Å². The number of ether oxygens (including phenoxy) is 1. The number of halogens is 1. The zero-order chi connectivity index (χ0) is 22.2. The van der Waals surface area contributed by atoms with E-state index < -0.39 is 0 Å². The Hall–Kier alpha value is -3.26. The molecule has 1 aromatic heterocycles. The molecule has 3 heterocycles. The summed E-state index contributed by atoms with van der Waals surface area (Å²) >= 11 is 0. The van der Waals surface area contributed by atoms with Gasteiger partial charge in [0.25, 0.3) is 5.91 Å². The minimum atomic E-state index is -0.281. The van der Waals surface area contributed by atoms with Gasteiger partial charge in [0.2, 0.25) is 0 Å². The first kappa shape index (κ1) is 20.6. The average Bonchev–Trinajstić information content (AvgIpc) is 3.24. The molecule has 1 atom stereocenters. The molecule has 0 spiro atoms. The van der Waals surface area contributed by atoms with E-state index in [2.05, 4.69) is 47.3 Å². The van der Waals surface area contributed by atoms with Crippen molar-refractivity contribution in [2.24, 2.45) is 0 Å². The number of hydrogen-bond donors (Lipinski definition) is 0.